The number of amides is 2. The van der Waals surface area contributed by atoms with E-state index in [2.05, 4.69) is 28.2 Å². The van der Waals surface area contributed by atoms with Gasteiger partial charge in [-0.2, -0.15) is 17.0 Å². The van der Waals surface area contributed by atoms with Gasteiger partial charge in [-0.25, -0.2) is 9.78 Å². The summed E-state index contributed by atoms with van der Waals surface area (Å²) in [6.45, 7) is 8.44. The predicted molar refractivity (Wildman–Crippen MR) is 171 cm³/mol. The number of thioether (sulfide) groups is 1. The Bertz CT molecular complexity index is 1310. The van der Waals surface area contributed by atoms with Gasteiger partial charge in [0, 0.05) is 37.6 Å². The Kier molecular flexibility index (Phi) is 12.3. The van der Waals surface area contributed by atoms with Crippen molar-refractivity contribution in [3.05, 3.63) is 53.6 Å². The van der Waals surface area contributed by atoms with Gasteiger partial charge in [0.15, 0.2) is 0 Å². The van der Waals surface area contributed by atoms with Gasteiger partial charge in [0.25, 0.3) is 0 Å². The van der Waals surface area contributed by atoms with Crippen LogP contribution in [0.1, 0.15) is 69.7 Å². The molecule has 2 aromatic rings. The maximum atomic E-state index is 13.7. The number of imidazole rings is 1. The van der Waals surface area contributed by atoms with Crippen molar-refractivity contribution in [3.8, 4) is 6.07 Å². The number of carbonyl (C=O) groups is 3. The molecular formula is C33H46N6O4S. The fourth-order valence-electron chi connectivity index (χ4n) is 6.40. The average molecular weight is 623 g/mol. The molecule has 2 saturated heterocycles. The van der Waals surface area contributed by atoms with Gasteiger partial charge in [0.1, 0.15) is 6.04 Å². The fourth-order valence-corrected chi connectivity index (χ4v) is 6.87. The third kappa shape index (κ3) is 8.63. The van der Waals surface area contributed by atoms with Crippen molar-refractivity contribution in [2.75, 3.05) is 31.6 Å². The molecule has 1 N–H and O–H groups in total. The lowest BCUT2D eigenvalue weighted by Crippen LogP contribution is -2.54. The van der Waals surface area contributed by atoms with Crippen LogP contribution in [-0.2, 0) is 32.1 Å². The summed E-state index contributed by atoms with van der Waals surface area (Å²) in [4.78, 5) is 48.7. The van der Waals surface area contributed by atoms with Gasteiger partial charge in [0.05, 0.1) is 36.5 Å². The smallest absolute Gasteiger partial charge is 0.328 e. The molecule has 10 nitrogen and oxygen atoms in total. The number of carbonyl (C=O) groups excluding carboxylic acids is 3. The van der Waals surface area contributed by atoms with Crippen LogP contribution in [0.2, 0.25) is 0 Å². The second kappa shape index (κ2) is 16.1. The number of likely N-dealkylation sites (tertiary alicyclic amines) is 2. The van der Waals surface area contributed by atoms with Crippen LogP contribution >= 0.6 is 11.8 Å². The van der Waals surface area contributed by atoms with E-state index in [9.17, 15) is 14.4 Å². The number of nitriles is 1. The molecule has 0 unspecified atom stereocenters. The number of esters is 1. The van der Waals surface area contributed by atoms with Gasteiger partial charge in [-0.15, -0.1) is 0 Å². The number of hydrogen-bond acceptors (Lipinski definition) is 8. The SMILES string of the molecule is CC[C@H]1CCN(C[C@@H]2CCCN2C(=O)Cc2cncn2Cc2ccc(C#N)cc2)[C@@H]1C(=O)N[C@@H](CCSC)C(=O)OC(C)C. The maximum absolute atomic E-state index is 13.7. The number of nitrogens with zero attached hydrogens (tertiary/aromatic N) is 5. The minimum atomic E-state index is -0.670. The monoisotopic (exact) mass is 622 g/mol. The zero-order valence-corrected chi connectivity index (χ0v) is 27.2. The minimum Gasteiger partial charge on any atom is -0.461 e. The Morgan fingerprint density at radius 1 is 1.18 bits per heavy atom. The zero-order chi connectivity index (χ0) is 31.6. The van der Waals surface area contributed by atoms with Crippen molar-refractivity contribution < 1.29 is 19.1 Å². The molecule has 0 aliphatic carbocycles. The van der Waals surface area contributed by atoms with E-state index in [4.69, 9.17) is 10.00 Å². The van der Waals surface area contributed by atoms with Gasteiger partial charge in [-0.1, -0.05) is 25.5 Å². The van der Waals surface area contributed by atoms with E-state index in [0.717, 1.165) is 49.2 Å². The van der Waals surface area contributed by atoms with Crippen LogP contribution in [0.3, 0.4) is 0 Å². The third-order valence-corrected chi connectivity index (χ3v) is 9.34. The Hall–Kier alpha value is -3.36. The Morgan fingerprint density at radius 3 is 2.64 bits per heavy atom. The summed E-state index contributed by atoms with van der Waals surface area (Å²) in [5, 5.41) is 12.1. The van der Waals surface area contributed by atoms with Crippen molar-refractivity contribution in [2.24, 2.45) is 5.92 Å². The van der Waals surface area contributed by atoms with Crippen molar-refractivity contribution in [1.82, 2.24) is 24.7 Å². The van der Waals surface area contributed by atoms with Gasteiger partial charge >= 0.3 is 5.97 Å². The molecule has 3 heterocycles. The largest absolute Gasteiger partial charge is 0.461 e. The number of ether oxygens (including phenoxy) is 1. The molecule has 2 aliphatic heterocycles. The molecule has 0 bridgehead atoms. The van der Waals surface area contributed by atoms with Crippen LogP contribution in [0.15, 0.2) is 36.8 Å². The molecular weight excluding hydrogens is 576 g/mol. The Morgan fingerprint density at radius 2 is 1.95 bits per heavy atom. The highest BCUT2D eigenvalue weighted by molar-refractivity contribution is 7.98. The summed E-state index contributed by atoms with van der Waals surface area (Å²) in [5.74, 6) is 0.499. The van der Waals surface area contributed by atoms with Gasteiger partial charge in [0.2, 0.25) is 11.8 Å². The quantitative estimate of drug-likeness (QED) is 0.317. The number of aromatic nitrogens is 2. The standard InChI is InChI=1S/C33H46N6O4S/c1-5-26-12-15-37(31(26)32(41)36-29(13-16-44-4)33(42)43-23(2)3)21-27-7-6-14-39(27)30(40)17-28-19-35-22-38(28)20-25-10-8-24(18-34)9-11-25/h8-11,19,22-23,26-27,29,31H,5-7,12-17,20-21H2,1-4H3,(H,36,41)/t26-,27-,29-,31-/m0/s1. The van der Waals surface area contributed by atoms with E-state index >= 15 is 0 Å². The Balaban J connectivity index is 1.40. The van der Waals surface area contributed by atoms with Crippen molar-refractivity contribution in [3.63, 3.8) is 0 Å². The lowest BCUT2D eigenvalue weighted by Gasteiger charge is -2.33. The molecule has 2 fully saturated rings. The molecule has 2 aliphatic rings. The second-order valence-electron chi connectivity index (χ2n) is 12.1. The molecule has 0 radical (unpaired) electrons. The zero-order valence-electron chi connectivity index (χ0n) is 26.4. The summed E-state index contributed by atoms with van der Waals surface area (Å²) in [5.41, 5.74) is 2.49. The first kappa shape index (κ1) is 33.5. The normalized spacial score (nSPS) is 20.9. The van der Waals surface area contributed by atoms with E-state index in [0.29, 0.717) is 31.6 Å². The van der Waals surface area contributed by atoms with Crippen molar-refractivity contribution in [2.45, 2.75) is 90.1 Å². The molecule has 1 aromatic carbocycles. The number of nitrogens with one attached hydrogen (secondary N) is 1. The summed E-state index contributed by atoms with van der Waals surface area (Å²) >= 11 is 1.64. The van der Waals surface area contributed by atoms with E-state index < -0.39 is 6.04 Å². The van der Waals surface area contributed by atoms with E-state index in [1.807, 2.05) is 41.7 Å². The first-order chi connectivity index (χ1) is 21.2. The van der Waals surface area contributed by atoms with Gasteiger partial charge in [-0.05, 0) is 81.7 Å². The molecule has 0 spiro atoms. The molecule has 2 amide bonds. The van der Waals surface area contributed by atoms with Crippen LogP contribution in [0.4, 0.5) is 0 Å². The molecule has 44 heavy (non-hydrogen) atoms. The fraction of sp³-hybridized carbons (Fsp3) is 0.606. The number of benzene rings is 1. The molecule has 4 rings (SSSR count). The molecule has 11 heteroatoms. The summed E-state index contributed by atoms with van der Waals surface area (Å²) in [6.07, 6.45) is 9.61. The van der Waals surface area contributed by atoms with Crippen LogP contribution in [-0.4, -0.2) is 93.0 Å². The van der Waals surface area contributed by atoms with E-state index in [-0.39, 0.29) is 48.3 Å². The molecule has 238 valence electrons. The highest BCUT2D eigenvalue weighted by Crippen LogP contribution is 2.30. The summed E-state index contributed by atoms with van der Waals surface area (Å²) in [6, 6.07) is 8.59. The predicted octanol–water partition coefficient (Wildman–Crippen LogP) is 3.63. The number of hydrogen-bond donors (Lipinski definition) is 1. The first-order valence-electron chi connectivity index (χ1n) is 15.7. The lowest BCUT2D eigenvalue weighted by atomic mass is 9.96. The minimum absolute atomic E-state index is 0.0292. The summed E-state index contributed by atoms with van der Waals surface area (Å²) in [7, 11) is 0. The number of rotatable bonds is 14. The average Bonchev–Trinajstić information content (AvgIpc) is 3.75. The third-order valence-electron chi connectivity index (χ3n) is 8.69. The van der Waals surface area contributed by atoms with E-state index in [1.54, 1.807) is 36.4 Å². The molecule has 0 saturated carbocycles. The van der Waals surface area contributed by atoms with Crippen molar-refractivity contribution in [1.29, 1.82) is 5.26 Å². The van der Waals surface area contributed by atoms with Gasteiger partial charge < -0.3 is 19.5 Å². The molecule has 4 atom stereocenters. The highest BCUT2D eigenvalue weighted by Gasteiger charge is 2.42. The Labute approximate surface area is 265 Å². The highest BCUT2D eigenvalue weighted by atomic mass is 32.2. The maximum Gasteiger partial charge on any atom is 0.328 e. The topological polar surface area (TPSA) is 121 Å². The lowest BCUT2D eigenvalue weighted by molar-refractivity contribution is -0.152. The van der Waals surface area contributed by atoms with Crippen molar-refractivity contribution >= 4 is 29.5 Å². The van der Waals surface area contributed by atoms with Crippen LogP contribution in [0, 0.1) is 17.2 Å². The van der Waals surface area contributed by atoms with E-state index in [1.165, 1.54) is 0 Å². The first-order valence-corrected chi connectivity index (χ1v) is 17.1. The second-order valence-corrected chi connectivity index (χ2v) is 13.1. The molecule has 1 aromatic heterocycles. The van der Waals surface area contributed by atoms with Crippen LogP contribution < -0.4 is 5.32 Å². The summed E-state index contributed by atoms with van der Waals surface area (Å²) < 4.78 is 7.44. The van der Waals surface area contributed by atoms with Gasteiger partial charge in [-0.3, -0.25) is 14.5 Å². The van der Waals surface area contributed by atoms with Crippen LogP contribution in [0.5, 0.6) is 0 Å². The van der Waals surface area contributed by atoms with Crippen LogP contribution in [0.25, 0.3) is 0 Å².